The molecule has 0 unspecified atom stereocenters. The van der Waals surface area contributed by atoms with Crippen LogP contribution in [-0.2, 0) is 11.4 Å². The minimum Gasteiger partial charge on any atom is -0.488 e. The lowest BCUT2D eigenvalue weighted by molar-refractivity contribution is -0.113. The zero-order valence-electron chi connectivity index (χ0n) is 16.5. The third-order valence-electron chi connectivity index (χ3n) is 4.62. The van der Waals surface area contributed by atoms with Gasteiger partial charge in [-0.1, -0.05) is 64.2 Å². The van der Waals surface area contributed by atoms with Crippen LogP contribution in [0.15, 0.2) is 76.1 Å². The van der Waals surface area contributed by atoms with E-state index in [1.54, 1.807) is 23.1 Å². The van der Waals surface area contributed by atoms with E-state index in [2.05, 4.69) is 15.9 Å². The van der Waals surface area contributed by atoms with Gasteiger partial charge in [0.1, 0.15) is 18.2 Å². The second kappa shape index (κ2) is 9.34. The molecule has 0 aliphatic carbocycles. The van der Waals surface area contributed by atoms with E-state index in [4.69, 9.17) is 17.0 Å². The molecule has 0 aromatic heterocycles. The number of nitrogens with zero attached hydrogens (tertiary/aromatic N) is 1. The third kappa shape index (κ3) is 5.06. The van der Waals surface area contributed by atoms with Gasteiger partial charge in [0, 0.05) is 10.0 Å². The summed E-state index contributed by atoms with van der Waals surface area (Å²) in [6.07, 6.45) is 1.79. The molecule has 7 heteroatoms. The van der Waals surface area contributed by atoms with Crippen LogP contribution in [0.1, 0.15) is 16.7 Å². The number of aryl methyl sites for hydroxylation is 1. The highest BCUT2D eigenvalue weighted by atomic mass is 79.9. The Labute approximate surface area is 198 Å². The molecule has 3 aromatic carbocycles. The second-order valence-corrected chi connectivity index (χ2v) is 9.54. The molecule has 0 bridgehead atoms. The van der Waals surface area contributed by atoms with Crippen molar-refractivity contribution in [2.75, 3.05) is 4.90 Å². The molecule has 1 fully saturated rings. The molecule has 0 saturated carbocycles. The van der Waals surface area contributed by atoms with E-state index < -0.39 is 0 Å². The zero-order valence-corrected chi connectivity index (χ0v) is 19.7. The van der Waals surface area contributed by atoms with Crippen LogP contribution in [-0.4, -0.2) is 10.2 Å². The maximum absolute atomic E-state index is 13.1. The van der Waals surface area contributed by atoms with E-state index >= 15 is 0 Å². The highest BCUT2D eigenvalue weighted by molar-refractivity contribution is 9.10. The van der Waals surface area contributed by atoms with Crippen LogP contribution in [0.4, 0.5) is 10.1 Å². The fraction of sp³-hybridized carbons (Fsp3) is 0.0833. The molecule has 31 heavy (non-hydrogen) atoms. The Morgan fingerprint density at radius 1 is 1.13 bits per heavy atom. The van der Waals surface area contributed by atoms with Gasteiger partial charge in [0.05, 0.1) is 10.6 Å². The van der Waals surface area contributed by atoms with Gasteiger partial charge in [-0.25, -0.2) is 4.39 Å². The van der Waals surface area contributed by atoms with Gasteiger partial charge < -0.3 is 4.74 Å². The molecule has 1 aliphatic rings. The molecule has 156 valence electrons. The third-order valence-corrected chi connectivity index (χ3v) is 6.42. The number of rotatable bonds is 5. The Hall–Kier alpha value is -2.48. The average molecular weight is 514 g/mol. The Morgan fingerprint density at radius 2 is 1.90 bits per heavy atom. The lowest BCUT2D eigenvalue weighted by Crippen LogP contribution is -2.27. The average Bonchev–Trinajstić information content (AvgIpc) is 3.01. The Kier molecular flexibility index (Phi) is 6.55. The highest BCUT2D eigenvalue weighted by Gasteiger charge is 2.33. The summed E-state index contributed by atoms with van der Waals surface area (Å²) in [6, 6.07) is 19.4. The molecule has 0 atom stereocenters. The van der Waals surface area contributed by atoms with E-state index in [1.807, 2.05) is 49.4 Å². The highest BCUT2D eigenvalue weighted by Crippen LogP contribution is 2.38. The van der Waals surface area contributed by atoms with E-state index in [0.717, 1.165) is 26.9 Å². The van der Waals surface area contributed by atoms with Crippen molar-refractivity contribution in [3.05, 3.63) is 98.6 Å². The summed E-state index contributed by atoms with van der Waals surface area (Å²) >= 11 is 10.2. The number of ether oxygens (including phenoxy) is 1. The van der Waals surface area contributed by atoms with Crippen LogP contribution in [0.25, 0.3) is 6.08 Å². The number of carbonyl (C=O) groups excluding carboxylic acids is 1. The van der Waals surface area contributed by atoms with Crippen molar-refractivity contribution in [3.63, 3.8) is 0 Å². The fourth-order valence-electron chi connectivity index (χ4n) is 3.10. The van der Waals surface area contributed by atoms with Gasteiger partial charge in [-0.05, 0) is 66.6 Å². The predicted octanol–water partition coefficient (Wildman–Crippen LogP) is 6.88. The smallest absolute Gasteiger partial charge is 0.270 e. The number of thiocarbonyl (C=S) groups is 1. The maximum Gasteiger partial charge on any atom is 0.270 e. The molecule has 3 aromatic rings. The number of anilines is 1. The van der Waals surface area contributed by atoms with Crippen molar-refractivity contribution < 1.29 is 13.9 Å². The summed E-state index contributed by atoms with van der Waals surface area (Å²) in [4.78, 5) is 15.2. The second-order valence-electron chi connectivity index (χ2n) is 6.95. The van der Waals surface area contributed by atoms with Gasteiger partial charge >= 0.3 is 0 Å². The summed E-state index contributed by atoms with van der Waals surface area (Å²) < 4.78 is 20.4. The molecule has 1 amide bonds. The normalized spacial score (nSPS) is 15.1. The molecule has 0 N–H and O–H groups in total. The van der Waals surface area contributed by atoms with Gasteiger partial charge in [0.15, 0.2) is 4.32 Å². The number of benzene rings is 3. The number of carbonyl (C=O) groups is 1. The first kappa shape index (κ1) is 21.7. The van der Waals surface area contributed by atoms with Crippen LogP contribution >= 0.6 is 39.9 Å². The minimum atomic E-state index is -0.288. The molecule has 0 radical (unpaired) electrons. The summed E-state index contributed by atoms with van der Waals surface area (Å²) in [5.74, 6) is 0.169. The van der Waals surface area contributed by atoms with E-state index in [0.29, 0.717) is 15.0 Å². The Morgan fingerprint density at radius 3 is 2.65 bits per heavy atom. The van der Waals surface area contributed by atoms with Gasteiger partial charge in [0.2, 0.25) is 0 Å². The minimum absolute atomic E-state index is 0.162. The van der Waals surface area contributed by atoms with Crippen LogP contribution in [0.3, 0.4) is 0 Å². The number of hydrogen-bond donors (Lipinski definition) is 0. The lowest BCUT2D eigenvalue weighted by Gasteiger charge is -2.15. The molecule has 1 heterocycles. The molecule has 4 rings (SSSR count). The molecular weight excluding hydrogens is 497 g/mol. The SMILES string of the molecule is Cc1cccc(N2C(=O)/C(=C\c3cc(Br)ccc3OCc3ccc(F)cc3)SC2=S)c1. The summed E-state index contributed by atoms with van der Waals surface area (Å²) in [7, 11) is 0. The first-order valence-electron chi connectivity index (χ1n) is 9.42. The molecule has 1 aliphatic heterocycles. The molecule has 1 saturated heterocycles. The van der Waals surface area contributed by atoms with Crippen molar-refractivity contribution in [2.24, 2.45) is 0 Å². The molecule has 0 spiro atoms. The standard InChI is InChI=1S/C24H17BrFNO2S2/c1-15-3-2-4-20(11-15)27-23(28)22(31-24(27)30)13-17-12-18(25)7-10-21(17)29-14-16-5-8-19(26)9-6-16/h2-13H,14H2,1H3/b22-13+. The van der Waals surface area contributed by atoms with Gasteiger partial charge in [-0.2, -0.15) is 0 Å². The predicted molar refractivity (Wildman–Crippen MR) is 132 cm³/mol. The lowest BCUT2D eigenvalue weighted by atomic mass is 10.1. The van der Waals surface area contributed by atoms with Gasteiger partial charge in [-0.15, -0.1) is 0 Å². The zero-order chi connectivity index (χ0) is 22.0. The van der Waals surface area contributed by atoms with Gasteiger partial charge in [0.25, 0.3) is 5.91 Å². The van der Waals surface area contributed by atoms with Crippen LogP contribution < -0.4 is 9.64 Å². The topological polar surface area (TPSA) is 29.5 Å². The van der Waals surface area contributed by atoms with E-state index in [1.165, 1.54) is 23.9 Å². The van der Waals surface area contributed by atoms with Crippen molar-refractivity contribution in [3.8, 4) is 5.75 Å². The molecule has 3 nitrogen and oxygen atoms in total. The number of thioether (sulfide) groups is 1. The summed E-state index contributed by atoms with van der Waals surface area (Å²) in [5, 5.41) is 0. The quantitative estimate of drug-likeness (QED) is 0.274. The largest absolute Gasteiger partial charge is 0.488 e. The fourth-order valence-corrected chi connectivity index (χ4v) is 4.77. The maximum atomic E-state index is 13.1. The number of amides is 1. The summed E-state index contributed by atoms with van der Waals surface area (Å²) in [6.45, 7) is 2.26. The van der Waals surface area contributed by atoms with Crippen molar-refractivity contribution >= 4 is 61.9 Å². The van der Waals surface area contributed by atoms with E-state index in [9.17, 15) is 9.18 Å². The van der Waals surface area contributed by atoms with Crippen molar-refractivity contribution in [1.82, 2.24) is 0 Å². The first-order valence-corrected chi connectivity index (χ1v) is 11.4. The Balaban J connectivity index is 1.60. The summed E-state index contributed by atoms with van der Waals surface area (Å²) in [5.41, 5.74) is 3.41. The van der Waals surface area contributed by atoms with Crippen LogP contribution in [0.2, 0.25) is 0 Å². The Bertz CT molecular complexity index is 1190. The van der Waals surface area contributed by atoms with Crippen molar-refractivity contribution in [2.45, 2.75) is 13.5 Å². The van der Waals surface area contributed by atoms with E-state index in [-0.39, 0.29) is 18.3 Å². The van der Waals surface area contributed by atoms with Gasteiger partial charge in [-0.3, -0.25) is 9.69 Å². The monoisotopic (exact) mass is 513 g/mol. The molecular formula is C24H17BrFNO2S2. The van der Waals surface area contributed by atoms with Crippen LogP contribution in [0, 0.1) is 12.7 Å². The van der Waals surface area contributed by atoms with Crippen LogP contribution in [0.5, 0.6) is 5.75 Å². The number of hydrogen-bond acceptors (Lipinski definition) is 4. The number of halogens is 2. The first-order chi connectivity index (χ1) is 14.9. The van der Waals surface area contributed by atoms with Crippen molar-refractivity contribution in [1.29, 1.82) is 0 Å².